The molecule has 0 aromatic carbocycles. The van der Waals surface area contributed by atoms with E-state index in [2.05, 4.69) is 30.6 Å². The zero-order chi connectivity index (χ0) is 15.8. The van der Waals surface area contributed by atoms with Crippen molar-refractivity contribution in [3.05, 3.63) is 39.9 Å². The summed E-state index contributed by atoms with van der Waals surface area (Å²) in [4.78, 5) is 17.5. The van der Waals surface area contributed by atoms with Gasteiger partial charge in [0, 0.05) is 11.3 Å². The fourth-order valence-corrected chi connectivity index (χ4v) is 3.72. The summed E-state index contributed by atoms with van der Waals surface area (Å²) in [7, 11) is -3.90. The van der Waals surface area contributed by atoms with Gasteiger partial charge in [0.05, 0.1) is 11.9 Å². The number of anilines is 1. The average molecular weight is 374 g/mol. The SMILES string of the molecule is Cc1[nH]c(C(=O)O)c(C)c1S(=O)(=O)Nc1ccc(Br)nc1. The molecule has 2 heterocycles. The second-order valence-corrected chi connectivity index (χ2v) is 6.79. The topological polar surface area (TPSA) is 112 Å². The zero-order valence-electron chi connectivity index (χ0n) is 11.1. The normalized spacial score (nSPS) is 11.4. The van der Waals surface area contributed by atoms with Crippen LogP contribution in [0.3, 0.4) is 0 Å². The van der Waals surface area contributed by atoms with Crippen molar-refractivity contribution >= 4 is 37.6 Å². The van der Waals surface area contributed by atoms with E-state index in [0.29, 0.717) is 4.60 Å². The lowest BCUT2D eigenvalue weighted by Gasteiger charge is -2.08. The molecule has 2 aromatic heterocycles. The number of pyridine rings is 1. The average Bonchev–Trinajstić information content (AvgIpc) is 2.68. The highest BCUT2D eigenvalue weighted by atomic mass is 79.9. The minimum Gasteiger partial charge on any atom is -0.477 e. The number of hydrogen-bond donors (Lipinski definition) is 3. The molecule has 112 valence electrons. The van der Waals surface area contributed by atoms with Crippen LogP contribution >= 0.6 is 15.9 Å². The molecule has 21 heavy (non-hydrogen) atoms. The van der Waals surface area contributed by atoms with Crippen LogP contribution in [-0.2, 0) is 10.0 Å². The second-order valence-electron chi connectivity index (χ2n) is 4.36. The Morgan fingerprint density at radius 2 is 2.05 bits per heavy atom. The molecule has 0 spiro atoms. The molecule has 3 N–H and O–H groups in total. The van der Waals surface area contributed by atoms with E-state index < -0.39 is 16.0 Å². The van der Waals surface area contributed by atoms with Gasteiger partial charge in [0.1, 0.15) is 15.2 Å². The maximum Gasteiger partial charge on any atom is 0.352 e. The van der Waals surface area contributed by atoms with Gasteiger partial charge < -0.3 is 10.1 Å². The van der Waals surface area contributed by atoms with Crippen molar-refractivity contribution in [1.82, 2.24) is 9.97 Å². The number of carbonyl (C=O) groups is 1. The summed E-state index contributed by atoms with van der Waals surface area (Å²) < 4.78 is 27.7. The van der Waals surface area contributed by atoms with E-state index >= 15 is 0 Å². The van der Waals surface area contributed by atoms with Crippen LogP contribution in [0.2, 0.25) is 0 Å². The summed E-state index contributed by atoms with van der Waals surface area (Å²) in [5, 5.41) is 9.03. The quantitative estimate of drug-likeness (QED) is 0.711. The Morgan fingerprint density at radius 1 is 1.38 bits per heavy atom. The molecule has 0 fully saturated rings. The van der Waals surface area contributed by atoms with Crippen molar-refractivity contribution in [1.29, 1.82) is 0 Å². The van der Waals surface area contributed by atoms with Gasteiger partial charge in [-0.15, -0.1) is 0 Å². The van der Waals surface area contributed by atoms with Gasteiger partial charge in [0.2, 0.25) is 0 Å². The van der Waals surface area contributed by atoms with E-state index in [4.69, 9.17) is 5.11 Å². The molecule has 0 bridgehead atoms. The minimum absolute atomic E-state index is 0.0668. The third kappa shape index (κ3) is 3.08. The fourth-order valence-electron chi connectivity index (χ4n) is 1.99. The summed E-state index contributed by atoms with van der Waals surface area (Å²) in [6.07, 6.45) is 1.36. The molecular formula is C12H12BrN3O4S. The summed E-state index contributed by atoms with van der Waals surface area (Å²) in [5.74, 6) is -1.21. The molecule has 0 aliphatic rings. The number of aromatic carboxylic acids is 1. The van der Waals surface area contributed by atoms with Gasteiger partial charge in [0.25, 0.3) is 10.0 Å². The van der Waals surface area contributed by atoms with Crippen molar-refractivity contribution in [3.8, 4) is 0 Å². The number of halogens is 1. The Morgan fingerprint density at radius 3 is 2.52 bits per heavy atom. The highest BCUT2D eigenvalue weighted by Gasteiger charge is 2.26. The first-order valence-corrected chi connectivity index (χ1v) is 8.07. The summed E-state index contributed by atoms with van der Waals surface area (Å²) in [6.45, 7) is 2.95. The number of H-pyrrole nitrogens is 1. The predicted octanol–water partition coefficient (Wildman–Crippen LogP) is 2.29. The van der Waals surface area contributed by atoms with Crippen molar-refractivity contribution in [2.75, 3.05) is 4.72 Å². The third-order valence-electron chi connectivity index (χ3n) is 2.83. The number of sulfonamides is 1. The van der Waals surface area contributed by atoms with E-state index in [9.17, 15) is 13.2 Å². The van der Waals surface area contributed by atoms with E-state index in [0.717, 1.165) is 0 Å². The van der Waals surface area contributed by atoms with Crippen molar-refractivity contribution in [2.45, 2.75) is 18.7 Å². The molecule has 0 atom stereocenters. The van der Waals surface area contributed by atoms with Gasteiger partial charge in [-0.05, 0) is 41.9 Å². The van der Waals surface area contributed by atoms with E-state index in [1.165, 1.54) is 20.0 Å². The van der Waals surface area contributed by atoms with Gasteiger partial charge in [-0.25, -0.2) is 18.2 Å². The van der Waals surface area contributed by atoms with Crippen molar-refractivity contribution in [2.24, 2.45) is 0 Å². The van der Waals surface area contributed by atoms with Gasteiger partial charge in [-0.3, -0.25) is 4.72 Å². The third-order valence-corrected chi connectivity index (χ3v) is 4.95. The second kappa shape index (κ2) is 5.49. The maximum absolute atomic E-state index is 12.4. The van der Waals surface area contributed by atoms with Gasteiger partial charge in [0.15, 0.2) is 0 Å². The largest absolute Gasteiger partial charge is 0.477 e. The molecule has 2 aromatic rings. The van der Waals surface area contributed by atoms with Crippen molar-refractivity contribution < 1.29 is 18.3 Å². The summed E-state index contributed by atoms with van der Waals surface area (Å²) in [6, 6.07) is 3.14. The first-order valence-electron chi connectivity index (χ1n) is 5.79. The molecule has 7 nitrogen and oxygen atoms in total. The molecule has 0 radical (unpaired) electrons. The predicted molar refractivity (Wildman–Crippen MR) is 80.0 cm³/mol. The van der Waals surface area contributed by atoms with Crippen molar-refractivity contribution in [3.63, 3.8) is 0 Å². The van der Waals surface area contributed by atoms with Crippen LogP contribution in [0.5, 0.6) is 0 Å². The number of rotatable bonds is 4. The van der Waals surface area contributed by atoms with Crippen LogP contribution in [0.1, 0.15) is 21.7 Å². The highest BCUT2D eigenvalue weighted by Crippen LogP contribution is 2.25. The van der Waals surface area contributed by atoms with E-state index in [1.54, 1.807) is 12.1 Å². The molecule has 0 saturated heterocycles. The first kappa shape index (κ1) is 15.5. The van der Waals surface area contributed by atoms with E-state index in [1.807, 2.05) is 0 Å². The Balaban J connectivity index is 2.45. The number of aromatic nitrogens is 2. The molecule has 0 amide bonds. The Hall–Kier alpha value is -1.87. The molecule has 2 rings (SSSR count). The maximum atomic E-state index is 12.4. The number of nitrogens with one attached hydrogen (secondary N) is 2. The van der Waals surface area contributed by atoms with E-state index in [-0.39, 0.29) is 27.5 Å². The van der Waals surface area contributed by atoms with Gasteiger partial charge in [-0.2, -0.15) is 0 Å². The van der Waals surface area contributed by atoms with Crippen LogP contribution in [-0.4, -0.2) is 29.5 Å². The molecule has 0 aliphatic carbocycles. The van der Waals surface area contributed by atoms with Crippen LogP contribution in [0, 0.1) is 13.8 Å². The van der Waals surface area contributed by atoms with Crippen LogP contribution in [0.25, 0.3) is 0 Å². The van der Waals surface area contributed by atoms with Crippen LogP contribution in [0.4, 0.5) is 5.69 Å². The number of carboxylic acid groups (broad SMARTS) is 1. The smallest absolute Gasteiger partial charge is 0.352 e. The number of carboxylic acids is 1. The lowest BCUT2D eigenvalue weighted by Crippen LogP contribution is -2.15. The number of nitrogens with zero attached hydrogens (tertiary/aromatic N) is 1. The van der Waals surface area contributed by atoms with Gasteiger partial charge in [-0.1, -0.05) is 0 Å². The first-order chi connectivity index (χ1) is 9.72. The minimum atomic E-state index is -3.90. The highest BCUT2D eigenvalue weighted by molar-refractivity contribution is 9.10. The lowest BCUT2D eigenvalue weighted by atomic mass is 10.2. The molecule has 9 heteroatoms. The molecule has 0 aliphatic heterocycles. The monoisotopic (exact) mass is 373 g/mol. The molecule has 0 saturated carbocycles. The molecule has 0 unspecified atom stereocenters. The Labute approximate surface area is 129 Å². The zero-order valence-corrected chi connectivity index (χ0v) is 13.5. The molecular weight excluding hydrogens is 362 g/mol. The van der Waals surface area contributed by atoms with Crippen LogP contribution < -0.4 is 4.72 Å². The standard InChI is InChI=1S/C12H12BrN3O4S/c1-6-10(12(17)18)15-7(2)11(6)21(19,20)16-8-3-4-9(13)14-5-8/h3-5,15-16H,1-2H3,(H,17,18). The Bertz CT molecular complexity index is 797. The summed E-state index contributed by atoms with van der Waals surface area (Å²) >= 11 is 3.15. The number of aromatic amines is 1. The number of hydrogen-bond acceptors (Lipinski definition) is 4. The lowest BCUT2D eigenvalue weighted by molar-refractivity contribution is 0.0690. The summed E-state index contributed by atoms with van der Waals surface area (Å²) in [5.41, 5.74) is 0.580. The van der Waals surface area contributed by atoms with Gasteiger partial charge >= 0.3 is 5.97 Å². The van der Waals surface area contributed by atoms with Crippen LogP contribution in [0.15, 0.2) is 27.8 Å². The fraction of sp³-hybridized carbons (Fsp3) is 0.167. The number of aryl methyl sites for hydroxylation is 1. The Kier molecular flexibility index (Phi) is 4.06.